The molecule has 0 saturated carbocycles. The monoisotopic (exact) mass is 295 g/mol. The second-order valence-corrected chi connectivity index (χ2v) is 5.39. The first-order valence-electron chi connectivity index (χ1n) is 7.00. The number of hydrogen-bond acceptors (Lipinski definition) is 4. The maximum absolute atomic E-state index is 12.6. The minimum absolute atomic E-state index is 0.204. The lowest BCUT2D eigenvalue weighted by Crippen LogP contribution is -2.14. The van der Waals surface area contributed by atoms with Crippen molar-refractivity contribution >= 4 is 22.8 Å². The van der Waals surface area contributed by atoms with Crippen molar-refractivity contribution in [1.82, 2.24) is 19.7 Å². The lowest BCUT2D eigenvalue weighted by atomic mass is 10.1. The molecule has 3 aromatic rings. The molecule has 0 unspecified atom stereocenters. The average Bonchev–Trinajstić information content (AvgIpc) is 2.73. The molecule has 3 heterocycles. The fourth-order valence-corrected chi connectivity index (χ4v) is 2.54. The van der Waals surface area contributed by atoms with Crippen molar-refractivity contribution in [3.63, 3.8) is 0 Å². The lowest BCUT2D eigenvalue weighted by Gasteiger charge is -2.07. The fourth-order valence-electron chi connectivity index (χ4n) is 2.54. The summed E-state index contributed by atoms with van der Waals surface area (Å²) >= 11 is 0. The molecule has 1 N–H and O–H groups in total. The Kier molecular flexibility index (Phi) is 3.36. The van der Waals surface area contributed by atoms with Gasteiger partial charge in [0, 0.05) is 18.9 Å². The number of aryl methyl sites for hydroxylation is 4. The van der Waals surface area contributed by atoms with Gasteiger partial charge in [-0.15, -0.1) is 0 Å². The molecule has 0 radical (unpaired) electrons. The highest BCUT2D eigenvalue weighted by Gasteiger charge is 2.18. The van der Waals surface area contributed by atoms with Crippen molar-refractivity contribution in [3.8, 4) is 0 Å². The number of pyridine rings is 2. The molecule has 112 valence electrons. The predicted molar refractivity (Wildman–Crippen MR) is 84.9 cm³/mol. The lowest BCUT2D eigenvalue weighted by molar-refractivity contribution is 0.102. The number of nitrogens with zero attached hydrogens (tertiary/aromatic N) is 4. The normalized spacial score (nSPS) is 10.9. The molecule has 1 amide bonds. The largest absolute Gasteiger partial charge is 0.307 e. The first kappa shape index (κ1) is 14.2. The predicted octanol–water partition coefficient (Wildman–Crippen LogP) is 2.54. The van der Waals surface area contributed by atoms with Gasteiger partial charge in [-0.05, 0) is 44.5 Å². The van der Waals surface area contributed by atoms with Crippen molar-refractivity contribution in [2.45, 2.75) is 20.8 Å². The summed E-state index contributed by atoms with van der Waals surface area (Å²) in [6, 6.07) is 5.50. The molecule has 0 bridgehead atoms. The maximum atomic E-state index is 12.6. The van der Waals surface area contributed by atoms with E-state index in [0.717, 1.165) is 22.3 Å². The zero-order chi connectivity index (χ0) is 15.9. The molecule has 0 aliphatic rings. The molecule has 0 fully saturated rings. The number of fused-ring (bicyclic) bond motifs is 1. The molecular formula is C16H17N5O. The third kappa shape index (κ3) is 2.43. The highest BCUT2D eigenvalue weighted by Crippen LogP contribution is 2.22. The Balaban J connectivity index is 2.07. The molecule has 0 saturated heterocycles. The van der Waals surface area contributed by atoms with E-state index >= 15 is 0 Å². The van der Waals surface area contributed by atoms with Gasteiger partial charge in [0.1, 0.15) is 5.82 Å². The molecule has 6 heteroatoms. The minimum atomic E-state index is -0.204. The Morgan fingerprint density at radius 1 is 1.23 bits per heavy atom. The quantitative estimate of drug-likeness (QED) is 0.788. The number of amides is 1. The number of aromatic nitrogens is 4. The molecule has 22 heavy (non-hydrogen) atoms. The molecule has 3 rings (SSSR count). The van der Waals surface area contributed by atoms with E-state index in [9.17, 15) is 4.79 Å². The smallest absolute Gasteiger partial charge is 0.257 e. The van der Waals surface area contributed by atoms with Crippen LogP contribution in [0.3, 0.4) is 0 Å². The Labute approximate surface area is 128 Å². The third-order valence-electron chi connectivity index (χ3n) is 3.50. The molecule has 3 aromatic heterocycles. The van der Waals surface area contributed by atoms with Gasteiger partial charge in [0.2, 0.25) is 0 Å². The number of anilines is 1. The SMILES string of the molecule is Cc1ccnc(NC(=O)c2cc(C)nc3c2c(C)nn3C)c1. The van der Waals surface area contributed by atoms with E-state index in [1.165, 1.54) is 0 Å². The summed E-state index contributed by atoms with van der Waals surface area (Å²) in [6.07, 6.45) is 1.67. The van der Waals surface area contributed by atoms with Gasteiger partial charge in [0.05, 0.1) is 16.6 Å². The maximum Gasteiger partial charge on any atom is 0.257 e. The second kappa shape index (κ2) is 5.22. The number of carbonyl (C=O) groups excluding carboxylic acids is 1. The van der Waals surface area contributed by atoms with E-state index in [-0.39, 0.29) is 5.91 Å². The summed E-state index contributed by atoms with van der Waals surface area (Å²) in [7, 11) is 1.82. The number of rotatable bonds is 2. The summed E-state index contributed by atoms with van der Waals surface area (Å²) in [6.45, 7) is 5.70. The van der Waals surface area contributed by atoms with Crippen molar-refractivity contribution in [1.29, 1.82) is 0 Å². The van der Waals surface area contributed by atoms with Gasteiger partial charge in [-0.25, -0.2) is 9.97 Å². The van der Waals surface area contributed by atoms with E-state index in [1.54, 1.807) is 16.9 Å². The number of nitrogens with one attached hydrogen (secondary N) is 1. The molecule has 0 atom stereocenters. The van der Waals surface area contributed by atoms with E-state index in [1.807, 2.05) is 40.0 Å². The van der Waals surface area contributed by atoms with Crippen LogP contribution in [0, 0.1) is 20.8 Å². The number of carbonyl (C=O) groups is 1. The minimum Gasteiger partial charge on any atom is -0.307 e. The van der Waals surface area contributed by atoms with Gasteiger partial charge in [0.15, 0.2) is 5.65 Å². The topological polar surface area (TPSA) is 72.7 Å². The standard InChI is InChI=1S/C16H17N5O/c1-9-5-6-17-13(7-9)19-16(22)12-8-10(2)18-15-14(12)11(3)20-21(15)4/h5-8H,1-4H3,(H,17,19,22). The van der Waals surface area contributed by atoms with E-state index < -0.39 is 0 Å². The third-order valence-corrected chi connectivity index (χ3v) is 3.50. The van der Waals surface area contributed by atoms with E-state index in [2.05, 4.69) is 20.4 Å². The molecule has 0 aliphatic carbocycles. The van der Waals surface area contributed by atoms with Gasteiger partial charge >= 0.3 is 0 Å². The fraction of sp³-hybridized carbons (Fsp3) is 0.250. The van der Waals surface area contributed by atoms with Crippen LogP contribution in [-0.4, -0.2) is 25.7 Å². The zero-order valence-electron chi connectivity index (χ0n) is 13.0. The summed E-state index contributed by atoms with van der Waals surface area (Å²) in [5, 5.41) is 7.97. The van der Waals surface area contributed by atoms with Crippen molar-refractivity contribution in [2.24, 2.45) is 7.05 Å². The summed E-state index contributed by atoms with van der Waals surface area (Å²) < 4.78 is 1.69. The summed E-state index contributed by atoms with van der Waals surface area (Å²) in [5.74, 6) is 0.332. The first-order chi connectivity index (χ1) is 10.5. The highest BCUT2D eigenvalue weighted by molar-refractivity contribution is 6.12. The van der Waals surface area contributed by atoms with Gasteiger partial charge in [-0.1, -0.05) is 0 Å². The molecule has 0 spiro atoms. The van der Waals surface area contributed by atoms with Crippen LogP contribution >= 0.6 is 0 Å². The van der Waals surface area contributed by atoms with Crippen LogP contribution in [0.25, 0.3) is 11.0 Å². The molecule has 6 nitrogen and oxygen atoms in total. The molecule has 0 aliphatic heterocycles. The Morgan fingerprint density at radius 3 is 2.73 bits per heavy atom. The van der Waals surface area contributed by atoms with Crippen LogP contribution in [0.4, 0.5) is 5.82 Å². The van der Waals surface area contributed by atoms with Gasteiger partial charge < -0.3 is 5.32 Å². The Morgan fingerprint density at radius 2 is 2.00 bits per heavy atom. The average molecular weight is 295 g/mol. The van der Waals surface area contributed by atoms with Crippen LogP contribution in [-0.2, 0) is 7.05 Å². The first-order valence-corrected chi connectivity index (χ1v) is 7.00. The van der Waals surface area contributed by atoms with Crippen molar-refractivity contribution < 1.29 is 4.79 Å². The van der Waals surface area contributed by atoms with Crippen LogP contribution in [0.15, 0.2) is 24.4 Å². The van der Waals surface area contributed by atoms with Gasteiger partial charge in [-0.2, -0.15) is 5.10 Å². The number of hydrogen-bond donors (Lipinski definition) is 1. The van der Waals surface area contributed by atoms with Crippen LogP contribution in [0.2, 0.25) is 0 Å². The summed E-state index contributed by atoms with van der Waals surface area (Å²) in [5.41, 5.74) is 3.88. The second-order valence-electron chi connectivity index (χ2n) is 5.39. The van der Waals surface area contributed by atoms with E-state index in [0.29, 0.717) is 17.0 Å². The zero-order valence-corrected chi connectivity index (χ0v) is 13.0. The Bertz CT molecular complexity index is 882. The van der Waals surface area contributed by atoms with Crippen LogP contribution in [0.1, 0.15) is 27.3 Å². The van der Waals surface area contributed by atoms with Crippen molar-refractivity contribution in [2.75, 3.05) is 5.32 Å². The molecular weight excluding hydrogens is 278 g/mol. The van der Waals surface area contributed by atoms with Gasteiger partial charge in [-0.3, -0.25) is 9.48 Å². The highest BCUT2D eigenvalue weighted by atomic mass is 16.1. The molecule has 0 aromatic carbocycles. The van der Waals surface area contributed by atoms with Gasteiger partial charge in [0.25, 0.3) is 5.91 Å². The summed E-state index contributed by atoms with van der Waals surface area (Å²) in [4.78, 5) is 21.3. The van der Waals surface area contributed by atoms with Crippen LogP contribution < -0.4 is 5.32 Å². The van der Waals surface area contributed by atoms with Crippen molar-refractivity contribution in [3.05, 3.63) is 46.9 Å². The Hall–Kier alpha value is -2.76. The van der Waals surface area contributed by atoms with E-state index in [4.69, 9.17) is 0 Å². The van der Waals surface area contributed by atoms with Crippen LogP contribution in [0.5, 0.6) is 0 Å².